The Bertz CT molecular complexity index is 1450. The molecule has 3 N–H and O–H groups in total. The van der Waals surface area contributed by atoms with Crippen LogP contribution in [0.25, 0.3) is 22.2 Å². The van der Waals surface area contributed by atoms with Crippen LogP contribution >= 0.6 is 0 Å². The maximum atomic E-state index is 13.5. The summed E-state index contributed by atoms with van der Waals surface area (Å²) in [6.45, 7) is 0. The molecule has 186 valence electrons. The molecule has 4 aliphatic rings. The van der Waals surface area contributed by atoms with Gasteiger partial charge >= 0.3 is 0 Å². The van der Waals surface area contributed by atoms with Crippen LogP contribution < -0.4 is 10.6 Å². The van der Waals surface area contributed by atoms with Gasteiger partial charge in [-0.25, -0.2) is 0 Å². The summed E-state index contributed by atoms with van der Waals surface area (Å²) in [7, 11) is 0. The number of anilines is 2. The van der Waals surface area contributed by atoms with Crippen LogP contribution in [0.1, 0.15) is 49.0 Å². The van der Waals surface area contributed by atoms with Crippen molar-refractivity contribution in [3.8, 4) is 11.3 Å². The van der Waals surface area contributed by atoms with Crippen molar-refractivity contribution in [1.82, 2.24) is 9.97 Å². The first-order valence-corrected chi connectivity index (χ1v) is 13.3. The second kappa shape index (κ2) is 8.58. The maximum absolute atomic E-state index is 13.5. The predicted molar refractivity (Wildman–Crippen MR) is 145 cm³/mol. The minimum absolute atomic E-state index is 0.154. The molecule has 2 aromatic carbocycles. The highest BCUT2D eigenvalue weighted by atomic mass is 16.2. The lowest BCUT2D eigenvalue weighted by Crippen LogP contribution is -2.51. The number of hydrogen-bond donors (Lipinski definition) is 3. The highest BCUT2D eigenvalue weighted by Crippen LogP contribution is 2.60. The lowest BCUT2D eigenvalue weighted by atomic mass is 9.49. The molecule has 0 spiro atoms. The number of H-pyrrole nitrogens is 1. The molecule has 2 aromatic heterocycles. The minimum atomic E-state index is -0.234. The van der Waals surface area contributed by atoms with Crippen molar-refractivity contribution in [2.75, 3.05) is 10.6 Å². The van der Waals surface area contributed by atoms with E-state index in [4.69, 9.17) is 0 Å². The number of carbonyl (C=O) groups excluding carboxylic acids is 2. The van der Waals surface area contributed by atoms with Gasteiger partial charge in [-0.15, -0.1) is 0 Å². The minimum Gasteiger partial charge on any atom is -0.354 e. The number of fused-ring (bicyclic) bond motifs is 1. The van der Waals surface area contributed by atoms with Crippen LogP contribution in [0.2, 0.25) is 0 Å². The molecule has 8 rings (SSSR count). The molecule has 4 aromatic rings. The lowest BCUT2D eigenvalue weighted by Gasteiger charge is -2.55. The number of hydrogen-bond acceptors (Lipinski definition) is 3. The number of aromatic nitrogens is 2. The third-order valence-corrected chi connectivity index (χ3v) is 8.75. The number of benzene rings is 2. The van der Waals surface area contributed by atoms with E-state index in [1.807, 2.05) is 36.4 Å². The van der Waals surface area contributed by atoms with Gasteiger partial charge in [-0.2, -0.15) is 0 Å². The van der Waals surface area contributed by atoms with E-state index in [1.165, 1.54) is 19.3 Å². The molecule has 4 saturated carbocycles. The molecule has 37 heavy (non-hydrogen) atoms. The zero-order valence-electron chi connectivity index (χ0n) is 20.7. The van der Waals surface area contributed by atoms with Crippen molar-refractivity contribution < 1.29 is 9.59 Å². The average molecular weight is 491 g/mol. The molecule has 4 bridgehead atoms. The fraction of sp³-hybridized carbons (Fsp3) is 0.323. The first kappa shape index (κ1) is 22.3. The summed E-state index contributed by atoms with van der Waals surface area (Å²) in [5, 5.41) is 7.25. The summed E-state index contributed by atoms with van der Waals surface area (Å²) in [6.07, 6.45) is 8.81. The van der Waals surface area contributed by atoms with Gasteiger partial charge in [0.2, 0.25) is 5.91 Å². The first-order chi connectivity index (χ1) is 18.0. The van der Waals surface area contributed by atoms with Gasteiger partial charge in [0.1, 0.15) is 5.69 Å². The number of aromatic amines is 1. The Hall–Kier alpha value is -3.93. The molecular formula is C31H30N4O2. The summed E-state index contributed by atoms with van der Waals surface area (Å²) in [5.41, 5.74) is 4.80. The van der Waals surface area contributed by atoms with E-state index in [2.05, 4.69) is 32.7 Å². The molecule has 0 unspecified atom stereocenters. The number of pyridine rings is 1. The van der Waals surface area contributed by atoms with Crippen molar-refractivity contribution in [2.45, 2.75) is 38.5 Å². The number of rotatable bonds is 5. The van der Waals surface area contributed by atoms with Crippen molar-refractivity contribution in [3.05, 3.63) is 78.6 Å². The Morgan fingerprint density at radius 2 is 1.51 bits per heavy atom. The van der Waals surface area contributed by atoms with Crippen LogP contribution in [-0.2, 0) is 4.79 Å². The largest absolute Gasteiger partial charge is 0.354 e. The van der Waals surface area contributed by atoms with Gasteiger partial charge in [-0.1, -0.05) is 24.3 Å². The van der Waals surface area contributed by atoms with Crippen LogP contribution in [0.15, 0.2) is 72.9 Å². The van der Waals surface area contributed by atoms with Crippen molar-refractivity contribution in [1.29, 1.82) is 0 Å². The van der Waals surface area contributed by atoms with Gasteiger partial charge in [0.05, 0.1) is 5.41 Å². The molecule has 6 heteroatoms. The van der Waals surface area contributed by atoms with Crippen molar-refractivity contribution in [2.24, 2.45) is 23.2 Å². The molecule has 6 nitrogen and oxygen atoms in total. The van der Waals surface area contributed by atoms with Crippen molar-refractivity contribution >= 4 is 34.1 Å². The van der Waals surface area contributed by atoms with E-state index >= 15 is 0 Å². The number of nitrogens with one attached hydrogen (secondary N) is 3. The molecule has 2 heterocycles. The Morgan fingerprint density at radius 3 is 2.19 bits per heavy atom. The second-order valence-electron chi connectivity index (χ2n) is 11.4. The van der Waals surface area contributed by atoms with Gasteiger partial charge in [0.15, 0.2) is 0 Å². The molecule has 0 atom stereocenters. The third kappa shape index (κ3) is 4.10. The topological polar surface area (TPSA) is 86.9 Å². The first-order valence-electron chi connectivity index (χ1n) is 13.3. The van der Waals surface area contributed by atoms with Gasteiger partial charge < -0.3 is 15.6 Å². The monoisotopic (exact) mass is 490 g/mol. The van der Waals surface area contributed by atoms with E-state index < -0.39 is 0 Å². The summed E-state index contributed by atoms with van der Waals surface area (Å²) in [6, 6.07) is 21.2. The molecule has 0 radical (unpaired) electrons. The van der Waals surface area contributed by atoms with E-state index in [1.54, 1.807) is 24.4 Å². The molecule has 4 aliphatic carbocycles. The Labute approximate surface area is 215 Å². The summed E-state index contributed by atoms with van der Waals surface area (Å²) >= 11 is 0. The van der Waals surface area contributed by atoms with Gasteiger partial charge in [0, 0.05) is 34.2 Å². The van der Waals surface area contributed by atoms with Gasteiger partial charge in [-0.05, 0) is 104 Å². The Kier molecular flexibility index (Phi) is 5.17. The average Bonchev–Trinajstić information content (AvgIpc) is 3.32. The summed E-state index contributed by atoms with van der Waals surface area (Å²) < 4.78 is 0. The number of carbonyl (C=O) groups is 2. The van der Waals surface area contributed by atoms with E-state index in [9.17, 15) is 9.59 Å². The number of nitrogens with zero attached hydrogens (tertiary/aromatic N) is 1. The normalized spacial score (nSPS) is 25.8. The standard InChI is InChI=1S/C31H30N4O2/c36-29(26-3-1-2-10-32-26)33-24-7-4-22(5-8-24)27-14-23-6-9-25(15-28(23)35-27)34-30(37)31-16-19-11-20(17-31)13-21(12-19)18-31/h1-10,14-15,19-21,35H,11-13,16-18H2,(H,33,36)(H,34,37). The fourth-order valence-electron chi connectivity index (χ4n) is 7.44. The van der Waals surface area contributed by atoms with Crippen LogP contribution in [0, 0.1) is 23.2 Å². The fourth-order valence-corrected chi connectivity index (χ4v) is 7.44. The van der Waals surface area contributed by atoms with Crippen LogP contribution in [0.3, 0.4) is 0 Å². The van der Waals surface area contributed by atoms with E-state index in [-0.39, 0.29) is 17.2 Å². The molecule has 0 aliphatic heterocycles. The quantitative estimate of drug-likeness (QED) is 0.293. The van der Waals surface area contributed by atoms with Gasteiger partial charge in [-0.3, -0.25) is 14.6 Å². The van der Waals surface area contributed by atoms with E-state index in [0.29, 0.717) is 11.4 Å². The highest BCUT2D eigenvalue weighted by molar-refractivity contribution is 6.03. The SMILES string of the molecule is O=C(Nc1ccc(-c2cc3ccc(NC(=O)C45CC6CC(CC(C6)C4)C5)cc3[nH]2)cc1)c1ccccn1. The molecule has 4 fully saturated rings. The summed E-state index contributed by atoms with van der Waals surface area (Å²) in [4.78, 5) is 33.4. The lowest BCUT2D eigenvalue weighted by molar-refractivity contribution is -0.140. The third-order valence-electron chi connectivity index (χ3n) is 8.75. The van der Waals surface area contributed by atoms with Crippen molar-refractivity contribution in [3.63, 3.8) is 0 Å². The predicted octanol–water partition coefficient (Wildman–Crippen LogP) is 6.64. The second-order valence-corrected chi connectivity index (χ2v) is 11.4. The van der Waals surface area contributed by atoms with Gasteiger partial charge in [0.25, 0.3) is 5.91 Å². The zero-order chi connectivity index (χ0) is 25.0. The number of amides is 2. The zero-order valence-corrected chi connectivity index (χ0v) is 20.7. The van der Waals surface area contributed by atoms with E-state index in [0.717, 1.165) is 64.9 Å². The Morgan fingerprint density at radius 1 is 0.811 bits per heavy atom. The maximum Gasteiger partial charge on any atom is 0.274 e. The van der Waals surface area contributed by atoms with Crippen LogP contribution in [0.5, 0.6) is 0 Å². The van der Waals surface area contributed by atoms with Crippen LogP contribution in [-0.4, -0.2) is 21.8 Å². The smallest absolute Gasteiger partial charge is 0.274 e. The summed E-state index contributed by atoms with van der Waals surface area (Å²) in [5.74, 6) is 2.24. The highest BCUT2D eigenvalue weighted by Gasteiger charge is 2.54. The molecule has 0 saturated heterocycles. The Balaban J connectivity index is 1.06. The molecule has 2 amide bonds. The molecular weight excluding hydrogens is 460 g/mol. The van der Waals surface area contributed by atoms with Crippen LogP contribution in [0.4, 0.5) is 11.4 Å².